The molecular formula is C28H42N6O5. The van der Waals surface area contributed by atoms with E-state index in [0.717, 1.165) is 16.5 Å². The maximum Gasteiger partial charge on any atom is 0.326 e. The molecule has 3 rings (SSSR count). The van der Waals surface area contributed by atoms with Crippen molar-refractivity contribution in [2.75, 3.05) is 13.1 Å². The number of carbonyl (C=O) groups excluding carboxylic acids is 3. The summed E-state index contributed by atoms with van der Waals surface area (Å²) in [5.74, 6) is -2.55. The molecule has 11 heteroatoms. The normalized spacial score (nSPS) is 18.4. The number of benzene rings is 1. The first-order valence-electron chi connectivity index (χ1n) is 13.8. The molecule has 39 heavy (non-hydrogen) atoms. The quantitative estimate of drug-likeness (QED) is 0.194. The topological polar surface area (TPSA) is 184 Å². The van der Waals surface area contributed by atoms with Crippen LogP contribution in [0.2, 0.25) is 0 Å². The molecule has 8 N–H and O–H groups in total. The summed E-state index contributed by atoms with van der Waals surface area (Å²) < 4.78 is 0. The Kier molecular flexibility index (Phi) is 10.9. The van der Waals surface area contributed by atoms with Crippen molar-refractivity contribution in [2.45, 2.75) is 83.0 Å². The molecule has 214 valence electrons. The molecule has 2 aromatic rings. The van der Waals surface area contributed by atoms with E-state index in [1.54, 1.807) is 6.20 Å². The van der Waals surface area contributed by atoms with E-state index < -0.39 is 47.9 Å². The van der Waals surface area contributed by atoms with E-state index in [1.807, 2.05) is 38.1 Å². The number of nitrogens with two attached hydrogens (primary N) is 2. The SMILES string of the molecule is CCC(C)C(N)C(=O)NC(Cc1c[nH]c2ccccc12)C(=O)NC(CCCCN)C(=O)N1CCCC1C(=O)O. The highest BCUT2D eigenvalue weighted by Gasteiger charge is 2.38. The van der Waals surface area contributed by atoms with Crippen LogP contribution in [0.1, 0.15) is 57.9 Å². The van der Waals surface area contributed by atoms with Gasteiger partial charge in [0.05, 0.1) is 6.04 Å². The number of nitrogens with zero attached hydrogens (tertiary/aromatic N) is 1. The zero-order valence-corrected chi connectivity index (χ0v) is 22.8. The Labute approximate surface area is 229 Å². The molecule has 0 bridgehead atoms. The first-order valence-corrected chi connectivity index (χ1v) is 13.8. The fourth-order valence-corrected chi connectivity index (χ4v) is 5.02. The van der Waals surface area contributed by atoms with E-state index in [2.05, 4.69) is 15.6 Å². The number of para-hydroxylation sites is 1. The lowest BCUT2D eigenvalue weighted by Gasteiger charge is -2.29. The summed E-state index contributed by atoms with van der Waals surface area (Å²) in [6.07, 6.45) is 5.18. The zero-order valence-electron chi connectivity index (χ0n) is 22.8. The number of aliphatic carboxylic acids is 1. The Morgan fingerprint density at radius 1 is 1.13 bits per heavy atom. The largest absolute Gasteiger partial charge is 0.480 e. The van der Waals surface area contributed by atoms with E-state index in [4.69, 9.17) is 11.5 Å². The smallest absolute Gasteiger partial charge is 0.326 e. The third-order valence-electron chi connectivity index (χ3n) is 7.67. The van der Waals surface area contributed by atoms with E-state index >= 15 is 0 Å². The summed E-state index contributed by atoms with van der Waals surface area (Å²) in [5.41, 5.74) is 13.5. The number of amides is 3. The molecule has 1 aliphatic heterocycles. The van der Waals surface area contributed by atoms with Crippen molar-refractivity contribution >= 4 is 34.6 Å². The van der Waals surface area contributed by atoms with Crippen LogP contribution in [0.25, 0.3) is 10.9 Å². The minimum Gasteiger partial charge on any atom is -0.480 e. The van der Waals surface area contributed by atoms with Crippen molar-refractivity contribution < 1.29 is 24.3 Å². The molecule has 1 fully saturated rings. The van der Waals surface area contributed by atoms with E-state index in [-0.39, 0.29) is 12.3 Å². The standard InChI is InChI=1S/C28H42N6O5/c1-3-17(2)24(30)26(36)33-22(15-18-16-31-20-10-5-4-9-19(18)20)25(35)32-21(11-6-7-13-29)27(37)34-14-8-12-23(34)28(38)39/h4-5,9-10,16-17,21-24,31H,3,6-8,11-15,29-30H2,1-2H3,(H,32,35)(H,33,36)(H,38,39). The molecule has 2 heterocycles. The van der Waals surface area contributed by atoms with Gasteiger partial charge in [0.25, 0.3) is 0 Å². The highest BCUT2D eigenvalue weighted by atomic mass is 16.4. The van der Waals surface area contributed by atoms with Crippen molar-refractivity contribution in [3.05, 3.63) is 36.0 Å². The maximum atomic E-state index is 13.7. The second kappa shape index (κ2) is 14.1. The highest BCUT2D eigenvalue weighted by molar-refractivity contribution is 5.95. The molecule has 5 atom stereocenters. The van der Waals surface area contributed by atoms with E-state index in [1.165, 1.54) is 4.90 Å². The monoisotopic (exact) mass is 542 g/mol. The predicted octanol–water partition coefficient (Wildman–Crippen LogP) is 1.26. The summed E-state index contributed by atoms with van der Waals surface area (Å²) >= 11 is 0. The molecule has 1 aromatic carbocycles. The second-order valence-corrected chi connectivity index (χ2v) is 10.4. The number of rotatable bonds is 14. The molecule has 0 saturated carbocycles. The van der Waals surface area contributed by atoms with Crippen LogP contribution in [0, 0.1) is 5.92 Å². The van der Waals surface area contributed by atoms with E-state index in [0.29, 0.717) is 51.6 Å². The van der Waals surface area contributed by atoms with Crippen molar-refractivity contribution in [1.29, 1.82) is 0 Å². The number of aromatic amines is 1. The maximum absolute atomic E-state index is 13.7. The van der Waals surface area contributed by atoms with E-state index in [9.17, 15) is 24.3 Å². The average Bonchev–Trinajstić information content (AvgIpc) is 3.58. The molecule has 3 amide bonds. The molecule has 0 aliphatic carbocycles. The van der Waals surface area contributed by atoms with Gasteiger partial charge in [0.15, 0.2) is 0 Å². The fourth-order valence-electron chi connectivity index (χ4n) is 5.02. The Bertz CT molecular complexity index is 1150. The minimum atomic E-state index is -1.06. The summed E-state index contributed by atoms with van der Waals surface area (Å²) in [6.45, 7) is 4.57. The van der Waals surface area contributed by atoms with Crippen LogP contribution in [0.15, 0.2) is 30.5 Å². The Hall–Kier alpha value is -3.44. The number of hydrogen-bond donors (Lipinski definition) is 6. The van der Waals surface area contributed by atoms with Crippen molar-refractivity contribution in [2.24, 2.45) is 17.4 Å². The lowest BCUT2D eigenvalue weighted by Crippen LogP contribution is -2.58. The molecular weight excluding hydrogens is 500 g/mol. The molecule has 5 unspecified atom stereocenters. The lowest BCUT2D eigenvalue weighted by atomic mass is 9.98. The molecule has 1 aliphatic rings. The number of unbranched alkanes of at least 4 members (excludes halogenated alkanes) is 1. The van der Waals surface area contributed by atoms with Crippen LogP contribution in [-0.2, 0) is 25.6 Å². The first-order chi connectivity index (χ1) is 18.7. The lowest BCUT2D eigenvalue weighted by molar-refractivity contribution is -0.149. The number of fused-ring (bicyclic) bond motifs is 1. The molecule has 1 saturated heterocycles. The summed E-state index contributed by atoms with van der Waals surface area (Å²) in [5, 5.41) is 16.2. The van der Waals surface area contributed by atoms with Crippen LogP contribution in [0.4, 0.5) is 0 Å². The van der Waals surface area contributed by atoms with Crippen LogP contribution in [0.5, 0.6) is 0 Å². The zero-order chi connectivity index (χ0) is 28.5. The van der Waals surface area contributed by atoms with Gasteiger partial charge in [-0.05, 0) is 56.2 Å². The number of carboxylic acid groups (broad SMARTS) is 1. The van der Waals surface area contributed by atoms with Gasteiger partial charge in [-0.2, -0.15) is 0 Å². The molecule has 0 radical (unpaired) electrons. The Morgan fingerprint density at radius 3 is 2.54 bits per heavy atom. The van der Waals surface area contributed by atoms with Crippen molar-refractivity contribution in [3.8, 4) is 0 Å². The number of carboxylic acids is 1. The van der Waals surface area contributed by atoms with Crippen LogP contribution >= 0.6 is 0 Å². The Balaban J connectivity index is 1.85. The Morgan fingerprint density at radius 2 is 1.85 bits per heavy atom. The third-order valence-corrected chi connectivity index (χ3v) is 7.67. The number of likely N-dealkylation sites (tertiary alicyclic amines) is 1. The number of carbonyl (C=O) groups is 4. The fraction of sp³-hybridized carbons (Fsp3) is 0.571. The molecule has 11 nitrogen and oxygen atoms in total. The van der Waals surface area contributed by atoms with Crippen molar-refractivity contribution in [3.63, 3.8) is 0 Å². The van der Waals surface area contributed by atoms with Gasteiger partial charge in [0, 0.05) is 30.1 Å². The van der Waals surface area contributed by atoms with Crippen molar-refractivity contribution in [1.82, 2.24) is 20.5 Å². The van der Waals surface area contributed by atoms with Gasteiger partial charge in [-0.3, -0.25) is 14.4 Å². The van der Waals surface area contributed by atoms with Gasteiger partial charge in [-0.25, -0.2) is 4.79 Å². The summed E-state index contributed by atoms with van der Waals surface area (Å²) in [7, 11) is 0. The number of hydrogen-bond acceptors (Lipinski definition) is 6. The van der Waals surface area contributed by atoms with Gasteiger partial charge in [0.1, 0.15) is 18.1 Å². The van der Waals surface area contributed by atoms with Gasteiger partial charge >= 0.3 is 5.97 Å². The summed E-state index contributed by atoms with van der Waals surface area (Å²) in [4.78, 5) is 56.4. The minimum absolute atomic E-state index is 0.0875. The second-order valence-electron chi connectivity index (χ2n) is 10.4. The number of nitrogens with one attached hydrogen (secondary N) is 3. The highest BCUT2D eigenvalue weighted by Crippen LogP contribution is 2.21. The van der Waals surface area contributed by atoms with Gasteiger partial charge < -0.3 is 37.1 Å². The van der Waals surface area contributed by atoms with Gasteiger partial charge in [-0.1, -0.05) is 38.5 Å². The van der Waals surface area contributed by atoms with Gasteiger partial charge in [-0.15, -0.1) is 0 Å². The summed E-state index contributed by atoms with van der Waals surface area (Å²) in [6, 6.07) is 4.01. The third kappa shape index (κ3) is 7.57. The predicted molar refractivity (Wildman–Crippen MR) is 149 cm³/mol. The number of H-pyrrole nitrogens is 1. The average molecular weight is 543 g/mol. The van der Waals surface area contributed by atoms with Crippen LogP contribution in [-0.4, -0.2) is 75.9 Å². The van der Waals surface area contributed by atoms with Crippen LogP contribution < -0.4 is 22.1 Å². The molecule has 1 aromatic heterocycles. The van der Waals surface area contributed by atoms with Crippen LogP contribution in [0.3, 0.4) is 0 Å². The first kappa shape index (κ1) is 30.1. The number of aromatic nitrogens is 1. The van der Waals surface area contributed by atoms with Gasteiger partial charge in [0.2, 0.25) is 17.7 Å². The molecule has 0 spiro atoms.